The Kier molecular flexibility index (Phi) is 4.29. The molecule has 3 aromatic heterocycles. The molecule has 27 heavy (non-hydrogen) atoms. The molecule has 2 aliphatic rings. The molecule has 1 atom stereocenters. The van der Waals surface area contributed by atoms with Crippen molar-refractivity contribution in [2.24, 2.45) is 0 Å². The molecule has 1 saturated carbocycles. The monoisotopic (exact) mass is 367 g/mol. The van der Waals surface area contributed by atoms with Gasteiger partial charge in [-0.25, -0.2) is 14.6 Å². The molecule has 9 heteroatoms. The quantitative estimate of drug-likeness (QED) is 0.673. The molecule has 9 nitrogen and oxygen atoms in total. The summed E-state index contributed by atoms with van der Waals surface area (Å²) in [5, 5.41) is 11.2. The van der Waals surface area contributed by atoms with E-state index in [0.717, 1.165) is 56.2 Å². The molecule has 0 aromatic carbocycles. The van der Waals surface area contributed by atoms with Gasteiger partial charge in [-0.05, 0) is 48.1 Å². The van der Waals surface area contributed by atoms with Crippen LogP contribution in [0, 0.1) is 0 Å². The van der Waals surface area contributed by atoms with Crippen molar-refractivity contribution in [2.45, 2.75) is 44.4 Å². The zero-order valence-electron chi connectivity index (χ0n) is 14.9. The fourth-order valence-electron chi connectivity index (χ4n) is 3.31. The van der Waals surface area contributed by atoms with Crippen molar-refractivity contribution in [3.8, 4) is 0 Å². The SMILES string of the molecule is c1ccc(CN(C[C@H]2CCCO2)c2nc3nonc3nc2NC2CC2)nc1. The second-order valence-corrected chi connectivity index (χ2v) is 7.06. The standard InChI is InChI=1S/C18H21N7O2/c1-2-8-19-13(4-1)10-25(11-14-5-3-9-26-14)18-17(20-12-6-7-12)21-15-16(22-18)24-27-23-15/h1-2,4,8,12,14H,3,5-7,9-11H2,(H,20,21,23)/t14-/m1/s1. The lowest BCUT2D eigenvalue weighted by molar-refractivity contribution is 0.115. The number of pyridine rings is 1. The largest absolute Gasteiger partial charge is 0.376 e. The van der Waals surface area contributed by atoms with Crippen LogP contribution in [0.5, 0.6) is 0 Å². The number of aromatic nitrogens is 5. The van der Waals surface area contributed by atoms with Gasteiger partial charge in [-0.15, -0.1) is 0 Å². The molecule has 0 bridgehead atoms. The maximum Gasteiger partial charge on any atom is 0.245 e. The predicted molar refractivity (Wildman–Crippen MR) is 98.3 cm³/mol. The van der Waals surface area contributed by atoms with E-state index in [1.165, 1.54) is 0 Å². The molecular weight excluding hydrogens is 346 g/mol. The molecule has 1 aliphatic heterocycles. The second-order valence-electron chi connectivity index (χ2n) is 7.06. The Hall–Kier alpha value is -2.81. The van der Waals surface area contributed by atoms with Gasteiger partial charge in [0.15, 0.2) is 11.6 Å². The van der Waals surface area contributed by atoms with E-state index in [2.05, 4.69) is 30.5 Å². The van der Waals surface area contributed by atoms with Crippen LogP contribution in [-0.4, -0.2) is 50.6 Å². The van der Waals surface area contributed by atoms with Crippen LogP contribution in [0.1, 0.15) is 31.4 Å². The summed E-state index contributed by atoms with van der Waals surface area (Å²) >= 11 is 0. The average Bonchev–Trinajstić information content (AvgIpc) is 3.16. The zero-order valence-corrected chi connectivity index (χ0v) is 14.9. The molecule has 0 spiro atoms. The Balaban J connectivity index is 1.52. The molecule has 2 fully saturated rings. The van der Waals surface area contributed by atoms with Gasteiger partial charge in [-0.3, -0.25) is 4.98 Å². The van der Waals surface area contributed by atoms with Crippen molar-refractivity contribution >= 4 is 22.9 Å². The molecule has 3 aromatic rings. The summed E-state index contributed by atoms with van der Waals surface area (Å²) in [5.74, 6) is 1.46. The van der Waals surface area contributed by atoms with Crippen LogP contribution in [0.15, 0.2) is 29.0 Å². The molecule has 0 radical (unpaired) electrons. The van der Waals surface area contributed by atoms with Gasteiger partial charge in [0.1, 0.15) is 0 Å². The lowest BCUT2D eigenvalue weighted by Gasteiger charge is -2.27. The van der Waals surface area contributed by atoms with Gasteiger partial charge < -0.3 is 15.0 Å². The third-order valence-electron chi connectivity index (χ3n) is 4.84. The van der Waals surface area contributed by atoms with Crippen molar-refractivity contribution in [3.63, 3.8) is 0 Å². The van der Waals surface area contributed by atoms with Gasteiger partial charge in [0, 0.05) is 25.4 Å². The predicted octanol–water partition coefficient (Wildman–Crippen LogP) is 2.17. The smallest absolute Gasteiger partial charge is 0.245 e. The zero-order chi connectivity index (χ0) is 18.1. The summed E-state index contributed by atoms with van der Waals surface area (Å²) in [7, 11) is 0. The minimum atomic E-state index is 0.176. The van der Waals surface area contributed by atoms with E-state index < -0.39 is 0 Å². The Morgan fingerprint density at radius 3 is 2.74 bits per heavy atom. The first kappa shape index (κ1) is 16.4. The first-order valence-electron chi connectivity index (χ1n) is 9.38. The van der Waals surface area contributed by atoms with E-state index in [1.807, 2.05) is 18.2 Å². The summed E-state index contributed by atoms with van der Waals surface area (Å²) in [6.07, 6.45) is 6.40. The van der Waals surface area contributed by atoms with Crippen molar-refractivity contribution < 1.29 is 9.37 Å². The molecule has 1 saturated heterocycles. The van der Waals surface area contributed by atoms with E-state index >= 15 is 0 Å². The maximum atomic E-state index is 5.87. The fourth-order valence-corrected chi connectivity index (χ4v) is 3.31. The van der Waals surface area contributed by atoms with Crippen molar-refractivity contribution in [1.29, 1.82) is 0 Å². The van der Waals surface area contributed by atoms with E-state index in [0.29, 0.717) is 23.9 Å². The van der Waals surface area contributed by atoms with Crippen LogP contribution in [-0.2, 0) is 11.3 Å². The van der Waals surface area contributed by atoms with Crippen molar-refractivity contribution in [3.05, 3.63) is 30.1 Å². The van der Waals surface area contributed by atoms with Crippen LogP contribution >= 0.6 is 0 Å². The van der Waals surface area contributed by atoms with E-state index in [1.54, 1.807) is 6.20 Å². The Labute approximate surface area is 156 Å². The lowest BCUT2D eigenvalue weighted by atomic mass is 10.2. The molecule has 5 rings (SSSR count). The van der Waals surface area contributed by atoms with Crippen LogP contribution in [0.4, 0.5) is 11.6 Å². The third kappa shape index (κ3) is 3.68. The average molecular weight is 367 g/mol. The highest BCUT2D eigenvalue weighted by atomic mass is 16.6. The second kappa shape index (κ2) is 7.07. The van der Waals surface area contributed by atoms with E-state index in [4.69, 9.17) is 14.3 Å². The first-order chi connectivity index (χ1) is 13.3. The number of hydrogen-bond donors (Lipinski definition) is 1. The van der Waals surface area contributed by atoms with Gasteiger partial charge in [0.25, 0.3) is 0 Å². The highest BCUT2D eigenvalue weighted by Gasteiger charge is 2.28. The first-order valence-corrected chi connectivity index (χ1v) is 9.38. The Morgan fingerprint density at radius 1 is 1.11 bits per heavy atom. The van der Waals surface area contributed by atoms with Crippen molar-refractivity contribution in [2.75, 3.05) is 23.4 Å². The molecular formula is C18H21N7O2. The van der Waals surface area contributed by atoms with Gasteiger partial charge >= 0.3 is 0 Å². The van der Waals surface area contributed by atoms with Crippen LogP contribution in [0.25, 0.3) is 11.3 Å². The van der Waals surface area contributed by atoms with Gasteiger partial charge in [0.2, 0.25) is 11.3 Å². The maximum absolute atomic E-state index is 5.87. The number of hydrogen-bond acceptors (Lipinski definition) is 9. The molecule has 0 unspecified atom stereocenters. The highest BCUT2D eigenvalue weighted by molar-refractivity contribution is 5.74. The Bertz CT molecular complexity index is 906. The van der Waals surface area contributed by atoms with Crippen LogP contribution < -0.4 is 10.2 Å². The normalized spacial score (nSPS) is 19.5. The number of nitrogens with one attached hydrogen (secondary N) is 1. The molecule has 140 valence electrons. The third-order valence-corrected chi connectivity index (χ3v) is 4.84. The van der Waals surface area contributed by atoms with E-state index in [-0.39, 0.29) is 6.10 Å². The van der Waals surface area contributed by atoms with Gasteiger partial charge in [-0.2, -0.15) is 0 Å². The van der Waals surface area contributed by atoms with Gasteiger partial charge in [0.05, 0.1) is 18.3 Å². The summed E-state index contributed by atoms with van der Waals surface area (Å²) in [5.41, 5.74) is 1.79. The molecule has 1 aliphatic carbocycles. The summed E-state index contributed by atoms with van der Waals surface area (Å²) in [6, 6.07) is 6.36. The van der Waals surface area contributed by atoms with Gasteiger partial charge in [-0.1, -0.05) is 6.07 Å². The minimum Gasteiger partial charge on any atom is -0.376 e. The molecule has 4 heterocycles. The number of anilines is 2. The topological polar surface area (TPSA) is 102 Å². The van der Waals surface area contributed by atoms with Crippen LogP contribution in [0.3, 0.4) is 0 Å². The molecule has 0 amide bonds. The number of ether oxygens (including phenoxy) is 1. The lowest BCUT2D eigenvalue weighted by Crippen LogP contribution is -2.33. The molecule has 1 N–H and O–H groups in total. The number of nitrogens with zero attached hydrogens (tertiary/aromatic N) is 6. The Morgan fingerprint density at radius 2 is 2.00 bits per heavy atom. The summed E-state index contributed by atoms with van der Waals surface area (Å²) in [6.45, 7) is 2.15. The highest BCUT2D eigenvalue weighted by Crippen LogP contribution is 2.31. The summed E-state index contributed by atoms with van der Waals surface area (Å²) in [4.78, 5) is 16.0. The minimum absolute atomic E-state index is 0.176. The number of rotatable bonds is 7. The fraction of sp³-hybridized carbons (Fsp3) is 0.500. The number of fused-ring (bicyclic) bond motifs is 1. The van der Waals surface area contributed by atoms with E-state index in [9.17, 15) is 0 Å². The van der Waals surface area contributed by atoms with Crippen molar-refractivity contribution in [1.82, 2.24) is 25.3 Å². The summed E-state index contributed by atoms with van der Waals surface area (Å²) < 4.78 is 10.7. The van der Waals surface area contributed by atoms with Crippen LogP contribution in [0.2, 0.25) is 0 Å².